The van der Waals surface area contributed by atoms with Crippen molar-refractivity contribution < 1.29 is 5.11 Å². The number of aliphatic hydroxyl groups is 1. The molecule has 0 saturated carbocycles. The molecule has 0 spiro atoms. The highest BCUT2D eigenvalue weighted by molar-refractivity contribution is 5.85. The number of nitrogens with two attached hydrogens (primary N) is 1. The summed E-state index contributed by atoms with van der Waals surface area (Å²) in [7, 11) is 0. The van der Waals surface area contributed by atoms with Crippen molar-refractivity contribution in [2.24, 2.45) is 5.73 Å². The Morgan fingerprint density at radius 2 is 1.29 bits per heavy atom. The van der Waals surface area contributed by atoms with E-state index in [1.807, 2.05) is 108 Å². The molecule has 2 aromatic carbocycles. The lowest BCUT2D eigenvalue weighted by Crippen LogP contribution is -2.07. The molecule has 6 nitrogen and oxygen atoms in total. The van der Waals surface area contributed by atoms with Crippen molar-refractivity contribution in [1.82, 2.24) is 15.0 Å². The minimum absolute atomic E-state index is 0.0388. The fourth-order valence-corrected chi connectivity index (χ4v) is 3.02. The van der Waals surface area contributed by atoms with Crippen LogP contribution in [0.25, 0.3) is 33.7 Å². The average molecular weight is 462 g/mol. The van der Waals surface area contributed by atoms with E-state index in [0.717, 1.165) is 33.6 Å². The first-order chi connectivity index (χ1) is 16.8. The highest BCUT2D eigenvalue weighted by Gasteiger charge is 2.14. The Morgan fingerprint density at radius 3 is 1.88 bits per heavy atom. The predicted octanol–water partition coefficient (Wildman–Crippen LogP) is 6.30. The van der Waals surface area contributed by atoms with Crippen molar-refractivity contribution in [2.45, 2.75) is 48.1 Å². The number of fused-ring (bicyclic) bond motifs is 1. The molecule has 0 unspecified atom stereocenters. The molecular formula is C28H39N5O. The van der Waals surface area contributed by atoms with E-state index in [9.17, 15) is 0 Å². The first-order valence-electron chi connectivity index (χ1n) is 12.2. The fourth-order valence-electron chi connectivity index (χ4n) is 3.02. The van der Waals surface area contributed by atoms with Crippen molar-refractivity contribution >= 4 is 17.0 Å². The van der Waals surface area contributed by atoms with Gasteiger partial charge in [-0.3, -0.25) is 0 Å². The number of hydrogen-bond acceptors (Lipinski definition) is 6. The number of nitrogens with one attached hydrogen (secondary N) is 1. The Morgan fingerprint density at radius 1 is 0.706 bits per heavy atom. The minimum atomic E-state index is 0.0388. The molecule has 0 fully saturated rings. The highest BCUT2D eigenvalue weighted by Crippen LogP contribution is 2.31. The van der Waals surface area contributed by atoms with Crippen molar-refractivity contribution in [3.63, 3.8) is 0 Å². The van der Waals surface area contributed by atoms with E-state index in [0.29, 0.717) is 24.6 Å². The third kappa shape index (κ3) is 7.61. The maximum Gasteiger partial charge on any atom is 0.180 e. The van der Waals surface area contributed by atoms with Crippen LogP contribution in [0.15, 0.2) is 66.7 Å². The SMILES string of the molecule is CC.CC.CC.NCc1ccc(-c2nc3nc(NCCO)ccc3nc2-c2ccccc2)cc1. The summed E-state index contributed by atoms with van der Waals surface area (Å²) in [4.78, 5) is 14.2. The summed E-state index contributed by atoms with van der Waals surface area (Å²) in [5, 5.41) is 12.1. The molecule has 0 aliphatic heterocycles. The van der Waals surface area contributed by atoms with Gasteiger partial charge < -0.3 is 16.2 Å². The zero-order valence-corrected chi connectivity index (χ0v) is 21.3. The summed E-state index contributed by atoms with van der Waals surface area (Å²) in [5.74, 6) is 0.660. The van der Waals surface area contributed by atoms with Crippen LogP contribution < -0.4 is 11.1 Å². The summed E-state index contributed by atoms with van der Waals surface area (Å²) in [6.07, 6.45) is 0. The van der Waals surface area contributed by atoms with E-state index in [1.165, 1.54) is 0 Å². The second kappa shape index (κ2) is 16.3. The molecule has 0 saturated heterocycles. The zero-order chi connectivity index (χ0) is 25.3. The van der Waals surface area contributed by atoms with E-state index in [1.54, 1.807) is 0 Å². The van der Waals surface area contributed by atoms with Gasteiger partial charge >= 0.3 is 0 Å². The van der Waals surface area contributed by atoms with Crippen LogP contribution in [0.5, 0.6) is 0 Å². The fraction of sp³-hybridized carbons (Fsp3) is 0.321. The number of anilines is 1. The first kappa shape index (κ1) is 28.7. The van der Waals surface area contributed by atoms with Gasteiger partial charge in [0.1, 0.15) is 11.3 Å². The lowest BCUT2D eigenvalue weighted by atomic mass is 10.0. The van der Waals surface area contributed by atoms with Gasteiger partial charge in [0.15, 0.2) is 5.65 Å². The third-order valence-corrected chi connectivity index (χ3v) is 4.46. The van der Waals surface area contributed by atoms with Gasteiger partial charge in [-0.1, -0.05) is 96.1 Å². The number of pyridine rings is 1. The Bertz CT molecular complexity index is 1080. The molecule has 4 N–H and O–H groups in total. The van der Waals surface area contributed by atoms with Gasteiger partial charge in [-0.2, -0.15) is 0 Å². The van der Waals surface area contributed by atoms with Crippen molar-refractivity contribution in [1.29, 1.82) is 0 Å². The first-order valence-corrected chi connectivity index (χ1v) is 12.2. The number of aromatic nitrogens is 3. The standard InChI is InChI=1S/C22H21N5O.3C2H6/c23-14-15-6-8-17(9-7-15)21-20(16-4-2-1-3-5-16)25-18-10-11-19(24-12-13-28)26-22(18)27-21;3*1-2/h1-11,28H,12-14,23H2,(H,24,26,27);3*1-2H3. The topological polar surface area (TPSA) is 97.0 Å². The van der Waals surface area contributed by atoms with Gasteiger partial charge in [0.25, 0.3) is 0 Å². The van der Waals surface area contributed by atoms with E-state index >= 15 is 0 Å². The lowest BCUT2D eigenvalue weighted by Gasteiger charge is -2.11. The number of benzene rings is 2. The van der Waals surface area contributed by atoms with Crippen LogP contribution in [0.3, 0.4) is 0 Å². The Hall–Kier alpha value is -3.35. The molecule has 0 aliphatic rings. The number of aliphatic hydroxyl groups excluding tert-OH is 1. The zero-order valence-electron chi connectivity index (χ0n) is 21.3. The van der Waals surface area contributed by atoms with E-state index in [4.69, 9.17) is 20.8 Å². The number of hydrogen-bond donors (Lipinski definition) is 3. The van der Waals surface area contributed by atoms with Gasteiger partial charge in [0, 0.05) is 24.2 Å². The Kier molecular flexibility index (Phi) is 13.7. The molecule has 2 heterocycles. The van der Waals surface area contributed by atoms with Crippen LogP contribution in [0.4, 0.5) is 5.82 Å². The van der Waals surface area contributed by atoms with Crippen LogP contribution in [0, 0.1) is 0 Å². The Balaban J connectivity index is 0.000000894. The van der Waals surface area contributed by atoms with Gasteiger partial charge in [-0.15, -0.1) is 0 Å². The predicted molar refractivity (Wildman–Crippen MR) is 146 cm³/mol. The maximum absolute atomic E-state index is 9.01. The summed E-state index contributed by atoms with van der Waals surface area (Å²) < 4.78 is 0. The number of rotatable bonds is 6. The van der Waals surface area contributed by atoms with Crippen molar-refractivity contribution in [3.8, 4) is 22.5 Å². The van der Waals surface area contributed by atoms with Gasteiger partial charge in [-0.05, 0) is 17.7 Å². The molecular weight excluding hydrogens is 422 g/mol. The third-order valence-electron chi connectivity index (χ3n) is 4.46. The molecule has 0 amide bonds. The average Bonchev–Trinajstić information content (AvgIpc) is 2.95. The van der Waals surface area contributed by atoms with Crippen LogP contribution in [0.1, 0.15) is 47.1 Å². The molecule has 0 bridgehead atoms. The molecule has 4 aromatic rings. The molecule has 6 heteroatoms. The number of nitrogens with zero attached hydrogens (tertiary/aromatic N) is 3. The van der Waals surface area contributed by atoms with Gasteiger partial charge in [-0.25, -0.2) is 15.0 Å². The summed E-state index contributed by atoms with van der Waals surface area (Å²) >= 11 is 0. The van der Waals surface area contributed by atoms with Crippen molar-refractivity contribution in [3.05, 3.63) is 72.3 Å². The second-order valence-electron chi connectivity index (χ2n) is 6.38. The van der Waals surface area contributed by atoms with Gasteiger partial charge in [0.2, 0.25) is 0 Å². The van der Waals surface area contributed by atoms with Crippen LogP contribution >= 0.6 is 0 Å². The molecule has 2 aromatic heterocycles. The van der Waals surface area contributed by atoms with Crippen LogP contribution in [-0.2, 0) is 6.54 Å². The largest absolute Gasteiger partial charge is 0.395 e. The van der Waals surface area contributed by atoms with Crippen LogP contribution in [-0.4, -0.2) is 33.2 Å². The maximum atomic E-state index is 9.01. The minimum Gasteiger partial charge on any atom is -0.395 e. The molecule has 0 atom stereocenters. The molecule has 0 radical (unpaired) electrons. The van der Waals surface area contributed by atoms with Crippen molar-refractivity contribution in [2.75, 3.05) is 18.5 Å². The molecule has 0 aliphatic carbocycles. The van der Waals surface area contributed by atoms with E-state index in [2.05, 4.69) is 10.3 Å². The van der Waals surface area contributed by atoms with E-state index < -0.39 is 0 Å². The molecule has 182 valence electrons. The monoisotopic (exact) mass is 461 g/mol. The van der Waals surface area contributed by atoms with Crippen LogP contribution in [0.2, 0.25) is 0 Å². The lowest BCUT2D eigenvalue weighted by molar-refractivity contribution is 0.311. The molecule has 34 heavy (non-hydrogen) atoms. The normalized spacial score (nSPS) is 9.53. The smallest absolute Gasteiger partial charge is 0.180 e. The quantitative estimate of drug-likeness (QED) is 0.312. The summed E-state index contributed by atoms with van der Waals surface area (Å²) in [5.41, 5.74) is 11.6. The van der Waals surface area contributed by atoms with Gasteiger partial charge in [0.05, 0.1) is 18.0 Å². The summed E-state index contributed by atoms with van der Waals surface area (Å²) in [6, 6.07) is 21.8. The molecule has 4 rings (SSSR count). The summed E-state index contributed by atoms with van der Waals surface area (Å²) in [6.45, 7) is 13.0. The highest BCUT2D eigenvalue weighted by atomic mass is 16.3. The second-order valence-corrected chi connectivity index (χ2v) is 6.38. The van der Waals surface area contributed by atoms with E-state index in [-0.39, 0.29) is 6.61 Å². The Labute approximate surface area is 204 Å².